The first-order chi connectivity index (χ1) is 13.0. The molecular weight excluding hydrogens is 360 g/mol. The number of hydrogen-bond donors (Lipinski definition) is 1. The molecule has 1 fully saturated rings. The fraction of sp³-hybridized carbons (Fsp3) is 0.400. The van der Waals surface area contributed by atoms with Gasteiger partial charge in [0.2, 0.25) is 5.88 Å². The zero-order valence-corrected chi connectivity index (χ0v) is 16.7. The van der Waals surface area contributed by atoms with Crippen LogP contribution in [0, 0.1) is 20.8 Å². The molecule has 1 aliphatic rings. The number of aryl methyl sites for hydroxylation is 2. The summed E-state index contributed by atoms with van der Waals surface area (Å²) in [5.74, 6) is 0.445. The molecule has 0 bridgehead atoms. The van der Waals surface area contributed by atoms with Gasteiger partial charge in [0, 0.05) is 47.9 Å². The summed E-state index contributed by atoms with van der Waals surface area (Å²) in [6.45, 7) is 10.1. The van der Waals surface area contributed by atoms with E-state index in [1.165, 1.54) is 20.5 Å². The molecule has 1 aliphatic heterocycles. The Kier molecular flexibility index (Phi) is 4.88. The molecule has 3 aromatic rings. The Bertz CT molecular complexity index is 970. The number of carbonyl (C=O) groups is 1. The predicted molar refractivity (Wildman–Crippen MR) is 108 cm³/mol. The zero-order valence-electron chi connectivity index (χ0n) is 15.9. The minimum atomic E-state index is -0.119. The van der Waals surface area contributed by atoms with E-state index in [4.69, 9.17) is 4.52 Å². The minimum Gasteiger partial charge on any atom is -0.338 e. The lowest BCUT2D eigenvalue weighted by Gasteiger charge is -2.34. The van der Waals surface area contributed by atoms with E-state index in [1.807, 2.05) is 30.1 Å². The Labute approximate surface area is 162 Å². The van der Waals surface area contributed by atoms with E-state index in [0.717, 1.165) is 30.9 Å². The van der Waals surface area contributed by atoms with Gasteiger partial charge in [0.25, 0.3) is 0 Å². The molecule has 27 heavy (non-hydrogen) atoms. The lowest BCUT2D eigenvalue weighted by atomic mass is 10.1. The Morgan fingerprint density at radius 1 is 1.15 bits per heavy atom. The molecule has 3 heterocycles. The minimum absolute atomic E-state index is 0.119. The number of nitrogens with one attached hydrogen (secondary N) is 1. The number of nitrogens with zero attached hydrogens (tertiary/aromatic N) is 3. The molecule has 7 heteroatoms. The summed E-state index contributed by atoms with van der Waals surface area (Å²) in [4.78, 5) is 18.2. The number of fused-ring (bicyclic) bond motifs is 1. The molecule has 0 radical (unpaired) electrons. The zero-order chi connectivity index (χ0) is 19.0. The van der Waals surface area contributed by atoms with Gasteiger partial charge in [0.1, 0.15) is 0 Å². The molecule has 1 N–H and O–H groups in total. The quantitative estimate of drug-likeness (QED) is 0.736. The van der Waals surface area contributed by atoms with Crippen molar-refractivity contribution in [2.75, 3.05) is 31.5 Å². The maximum Gasteiger partial charge on any atom is 0.324 e. The van der Waals surface area contributed by atoms with Crippen LogP contribution >= 0.6 is 11.3 Å². The second-order valence-electron chi connectivity index (χ2n) is 7.06. The second-order valence-corrected chi connectivity index (χ2v) is 8.20. The highest BCUT2D eigenvalue weighted by Crippen LogP contribution is 2.31. The van der Waals surface area contributed by atoms with Gasteiger partial charge >= 0.3 is 6.03 Å². The van der Waals surface area contributed by atoms with E-state index in [1.54, 1.807) is 0 Å². The Morgan fingerprint density at radius 3 is 2.56 bits per heavy atom. The fourth-order valence-electron chi connectivity index (χ4n) is 3.40. The number of thiophene rings is 1. The van der Waals surface area contributed by atoms with Gasteiger partial charge in [0.15, 0.2) is 0 Å². The van der Waals surface area contributed by atoms with E-state index in [9.17, 15) is 4.79 Å². The summed E-state index contributed by atoms with van der Waals surface area (Å²) < 4.78 is 6.53. The van der Waals surface area contributed by atoms with Gasteiger partial charge in [-0.1, -0.05) is 23.4 Å². The number of hydrogen-bond acceptors (Lipinski definition) is 5. The van der Waals surface area contributed by atoms with Crippen molar-refractivity contribution in [3.8, 4) is 0 Å². The van der Waals surface area contributed by atoms with Gasteiger partial charge in [-0.2, -0.15) is 0 Å². The summed E-state index contributed by atoms with van der Waals surface area (Å²) in [6, 6.07) is 8.46. The van der Waals surface area contributed by atoms with E-state index >= 15 is 0 Å². The van der Waals surface area contributed by atoms with Crippen LogP contribution in [0.1, 0.15) is 21.7 Å². The second kappa shape index (κ2) is 7.32. The molecule has 0 atom stereocenters. The van der Waals surface area contributed by atoms with E-state index in [-0.39, 0.29) is 6.03 Å². The van der Waals surface area contributed by atoms with Gasteiger partial charge in [-0.25, -0.2) is 4.79 Å². The Balaban J connectivity index is 1.35. The first-order valence-corrected chi connectivity index (χ1v) is 10.0. The Hall–Kier alpha value is -2.38. The maximum atomic E-state index is 12.5. The average Bonchev–Trinajstić information content (AvgIpc) is 3.16. The third-order valence-electron chi connectivity index (χ3n) is 5.35. The van der Waals surface area contributed by atoms with Crippen LogP contribution in [0.5, 0.6) is 0 Å². The first-order valence-electron chi connectivity index (χ1n) is 9.21. The third-order valence-corrected chi connectivity index (χ3v) is 6.60. The molecule has 142 valence electrons. The fourth-order valence-corrected chi connectivity index (χ4v) is 4.65. The molecule has 0 unspecified atom stereocenters. The van der Waals surface area contributed by atoms with Crippen molar-refractivity contribution in [2.45, 2.75) is 27.3 Å². The maximum absolute atomic E-state index is 12.5. The molecular formula is C20H24N4O2S. The first kappa shape index (κ1) is 18.0. The SMILES string of the molecule is Cc1noc(NC(=O)N2CCN(Cc3sc4ccccc4c3C)CC2)c1C. The van der Waals surface area contributed by atoms with Gasteiger partial charge in [-0.3, -0.25) is 10.2 Å². The van der Waals surface area contributed by atoms with E-state index in [2.05, 4.69) is 46.6 Å². The molecule has 6 nitrogen and oxygen atoms in total. The highest BCUT2D eigenvalue weighted by Gasteiger charge is 2.23. The molecule has 2 aromatic heterocycles. The highest BCUT2D eigenvalue weighted by molar-refractivity contribution is 7.19. The number of amides is 2. The normalized spacial score (nSPS) is 15.4. The monoisotopic (exact) mass is 384 g/mol. The van der Waals surface area contributed by atoms with E-state index < -0.39 is 0 Å². The standard InChI is InChI=1S/C20H24N4O2S/c1-13-15(3)22-26-19(13)21-20(25)24-10-8-23(9-11-24)12-18-14(2)16-6-4-5-7-17(16)27-18/h4-7H,8-12H2,1-3H3,(H,21,25). The van der Waals surface area contributed by atoms with Crippen molar-refractivity contribution in [1.82, 2.24) is 15.0 Å². The number of piperazine rings is 1. The van der Waals surface area contributed by atoms with Crippen molar-refractivity contribution in [2.24, 2.45) is 0 Å². The number of carbonyl (C=O) groups excluding carboxylic acids is 1. The van der Waals surface area contributed by atoms with Crippen LogP contribution in [0.3, 0.4) is 0 Å². The van der Waals surface area contributed by atoms with Crippen LogP contribution in [0.2, 0.25) is 0 Å². The Morgan fingerprint density at radius 2 is 1.89 bits per heavy atom. The van der Waals surface area contributed by atoms with Gasteiger partial charge in [-0.05, 0) is 37.8 Å². The smallest absolute Gasteiger partial charge is 0.324 e. The van der Waals surface area contributed by atoms with Gasteiger partial charge < -0.3 is 9.42 Å². The summed E-state index contributed by atoms with van der Waals surface area (Å²) in [5.41, 5.74) is 3.06. The third kappa shape index (κ3) is 3.57. The molecule has 2 amide bonds. The van der Waals surface area contributed by atoms with Crippen molar-refractivity contribution in [3.05, 3.63) is 46.0 Å². The van der Waals surface area contributed by atoms with E-state index in [0.29, 0.717) is 19.0 Å². The van der Waals surface area contributed by atoms with Crippen LogP contribution in [-0.2, 0) is 6.54 Å². The summed E-state index contributed by atoms with van der Waals surface area (Å²) in [6.07, 6.45) is 0. The van der Waals surface area contributed by atoms with Gasteiger partial charge in [0.05, 0.1) is 5.69 Å². The van der Waals surface area contributed by atoms with Crippen LogP contribution < -0.4 is 5.32 Å². The lowest BCUT2D eigenvalue weighted by molar-refractivity contribution is 0.143. The number of anilines is 1. The molecule has 0 saturated carbocycles. The van der Waals surface area contributed by atoms with Crippen LogP contribution in [0.4, 0.5) is 10.7 Å². The molecule has 1 aromatic carbocycles. The molecule has 1 saturated heterocycles. The largest absolute Gasteiger partial charge is 0.338 e. The average molecular weight is 385 g/mol. The summed E-state index contributed by atoms with van der Waals surface area (Å²) >= 11 is 1.88. The van der Waals surface area contributed by atoms with Crippen molar-refractivity contribution in [3.63, 3.8) is 0 Å². The van der Waals surface area contributed by atoms with Crippen molar-refractivity contribution >= 4 is 33.3 Å². The predicted octanol–water partition coefficient (Wildman–Crippen LogP) is 4.16. The highest BCUT2D eigenvalue weighted by atomic mass is 32.1. The van der Waals surface area contributed by atoms with Crippen LogP contribution in [0.15, 0.2) is 28.8 Å². The van der Waals surface area contributed by atoms with Gasteiger partial charge in [-0.15, -0.1) is 11.3 Å². The van der Waals surface area contributed by atoms with Crippen molar-refractivity contribution < 1.29 is 9.32 Å². The molecule has 0 aliphatic carbocycles. The summed E-state index contributed by atoms with van der Waals surface area (Å²) in [7, 11) is 0. The molecule has 0 spiro atoms. The van der Waals surface area contributed by atoms with Crippen LogP contribution in [0.25, 0.3) is 10.1 Å². The number of rotatable bonds is 3. The number of urea groups is 1. The van der Waals surface area contributed by atoms with Crippen molar-refractivity contribution in [1.29, 1.82) is 0 Å². The number of aromatic nitrogens is 1. The lowest BCUT2D eigenvalue weighted by Crippen LogP contribution is -2.49. The topological polar surface area (TPSA) is 61.6 Å². The van der Waals surface area contributed by atoms with Crippen LogP contribution in [-0.4, -0.2) is 47.2 Å². The molecule has 4 rings (SSSR count). The number of benzene rings is 1. The summed E-state index contributed by atoms with van der Waals surface area (Å²) in [5, 5.41) is 8.07.